The van der Waals surface area contributed by atoms with Gasteiger partial charge in [0.25, 0.3) is 0 Å². The van der Waals surface area contributed by atoms with Crippen molar-refractivity contribution in [2.75, 3.05) is 29.2 Å². The highest BCUT2D eigenvalue weighted by Gasteiger charge is 2.30. The predicted molar refractivity (Wildman–Crippen MR) is 137 cm³/mol. The van der Waals surface area contributed by atoms with Gasteiger partial charge < -0.3 is 19.4 Å². The fraction of sp³-hybridized carbons (Fsp3) is 0.250. The summed E-state index contributed by atoms with van der Waals surface area (Å²) in [6.45, 7) is 1.25. The summed E-state index contributed by atoms with van der Waals surface area (Å²) in [5.41, 5.74) is 0.823. The summed E-state index contributed by atoms with van der Waals surface area (Å²) < 4.78 is 49.9. The number of nitrogens with one attached hydrogen (secondary N) is 2. The van der Waals surface area contributed by atoms with Crippen LogP contribution in [0.25, 0.3) is 0 Å². The van der Waals surface area contributed by atoms with Crippen molar-refractivity contribution in [3.63, 3.8) is 0 Å². The number of anilines is 2. The molecule has 202 valence electrons. The first kappa shape index (κ1) is 29.0. The second-order valence-corrected chi connectivity index (χ2v) is 8.80. The quantitative estimate of drug-likeness (QED) is 0.182. The zero-order valence-electron chi connectivity index (χ0n) is 19.8. The van der Waals surface area contributed by atoms with E-state index >= 15 is 0 Å². The number of imidazole rings is 1. The Hall–Kier alpha value is -3.58. The summed E-state index contributed by atoms with van der Waals surface area (Å²) in [5.74, 6) is -1.68. The molecule has 2 amide bonds. The van der Waals surface area contributed by atoms with Crippen LogP contribution in [0.15, 0.2) is 48.7 Å². The van der Waals surface area contributed by atoms with Crippen LogP contribution >= 0.6 is 27.5 Å². The Balaban J connectivity index is 1.77. The highest BCUT2D eigenvalue weighted by Crippen LogP contribution is 2.29. The van der Waals surface area contributed by atoms with Crippen molar-refractivity contribution in [1.29, 1.82) is 0 Å². The molecule has 3 rings (SSSR count). The van der Waals surface area contributed by atoms with Gasteiger partial charge in [-0.25, -0.2) is 14.6 Å². The van der Waals surface area contributed by atoms with Crippen molar-refractivity contribution >= 4 is 57.0 Å². The Labute approximate surface area is 228 Å². The van der Waals surface area contributed by atoms with Gasteiger partial charge in [-0.1, -0.05) is 39.7 Å². The van der Waals surface area contributed by atoms with Gasteiger partial charge in [0.05, 0.1) is 5.56 Å². The molecule has 38 heavy (non-hydrogen) atoms. The first-order chi connectivity index (χ1) is 18.0. The van der Waals surface area contributed by atoms with Crippen LogP contribution in [0.1, 0.15) is 27.3 Å². The van der Waals surface area contributed by atoms with Crippen molar-refractivity contribution in [2.45, 2.75) is 19.6 Å². The summed E-state index contributed by atoms with van der Waals surface area (Å²) in [5, 5.41) is 5.62. The molecule has 14 heteroatoms. The number of hydrogen-bond donors (Lipinski definition) is 2. The van der Waals surface area contributed by atoms with Gasteiger partial charge >= 0.3 is 24.1 Å². The number of aryl methyl sites for hydroxylation is 1. The highest BCUT2D eigenvalue weighted by atomic mass is 79.9. The second kappa shape index (κ2) is 12.8. The van der Waals surface area contributed by atoms with Crippen LogP contribution in [-0.4, -0.2) is 46.1 Å². The Morgan fingerprint density at radius 1 is 1.05 bits per heavy atom. The summed E-state index contributed by atoms with van der Waals surface area (Å²) in [6, 6.07) is 8.60. The Morgan fingerprint density at radius 2 is 1.74 bits per heavy atom. The normalized spacial score (nSPS) is 11.1. The zero-order chi connectivity index (χ0) is 27.9. The number of carbonyl (C=O) groups excluding carboxylic acids is 3. The summed E-state index contributed by atoms with van der Waals surface area (Å²) in [7, 11) is 0. The fourth-order valence-electron chi connectivity index (χ4n) is 3.19. The lowest BCUT2D eigenvalue weighted by Crippen LogP contribution is -2.20. The average Bonchev–Trinajstić information content (AvgIpc) is 3.24. The smallest absolute Gasteiger partial charge is 0.416 e. The maximum atomic E-state index is 12.9. The number of ether oxygens (including phenoxy) is 2. The molecule has 0 bridgehead atoms. The minimum absolute atomic E-state index is 0.0151. The van der Waals surface area contributed by atoms with Gasteiger partial charge in [-0.05, 0) is 48.4 Å². The molecular formula is C24H21BrClF3N4O5. The molecule has 0 atom stereocenters. The van der Waals surface area contributed by atoms with Crippen LogP contribution in [0.3, 0.4) is 0 Å². The van der Waals surface area contributed by atoms with E-state index in [1.807, 2.05) is 0 Å². The van der Waals surface area contributed by atoms with Crippen LogP contribution in [-0.2, 0) is 27.0 Å². The van der Waals surface area contributed by atoms with E-state index in [1.165, 1.54) is 22.9 Å². The molecule has 0 aliphatic carbocycles. The van der Waals surface area contributed by atoms with Crippen molar-refractivity contribution in [3.05, 3.63) is 76.2 Å². The first-order valence-electron chi connectivity index (χ1n) is 10.9. The number of rotatable bonds is 9. The maximum absolute atomic E-state index is 12.9. The number of aromatic nitrogens is 2. The minimum Gasteiger partial charge on any atom is -0.461 e. The molecule has 0 unspecified atom stereocenters. The molecule has 3 aromatic rings. The predicted octanol–water partition coefficient (Wildman–Crippen LogP) is 5.65. The molecule has 0 fully saturated rings. The number of halogens is 5. The molecule has 2 aromatic carbocycles. The van der Waals surface area contributed by atoms with E-state index in [4.69, 9.17) is 21.1 Å². The maximum Gasteiger partial charge on any atom is 0.416 e. The molecule has 0 radical (unpaired) electrons. The fourth-order valence-corrected chi connectivity index (χ4v) is 3.57. The van der Waals surface area contributed by atoms with Crippen LogP contribution in [0, 0.1) is 6.92 Å². The molecule has 0 spiro atoms. The highest BCUT2D eigenvalue weighted by molar-refractivity contribution is 9.09. The molecule has 1 heterocycles. The minimum atomic E-state index is -4.49. The number of nitrogens with zero attached hydrogens (tertiary/aromatic N) is 2. The largest absolute Gasteiger partial charge is 0.461 e. The number of benzene rings is 2. The number of hydrogen-bond acceptors (Lipinski definition) is 6. The molecule has 0 saturated heterocycles. The third kappa shape index (κ3) is 8.21. The van der Waals surface area contributed by atoms with Crippen LogP contribution in [0.4, 0.5) is 29.5 Å². The monoisotopic (exact) mass is 616 g/mol. The average molecular weight is 618 g/mol. The molecular weight excluding hydrogens is 597 g/mol. The van der Waals surface area contributed by atoms with Gasteiger partial charge in [0.15, 0.2) is 5.82 Å². The van der Waals surface area contributed by atoms with E-state index < -0.39 is 29.7 Å². The molecule has 9 nitrogen and oxygen atoms in total. The molecule has 2 N–H and O–H groups in total. The van der Waals surface area contributed by atoms with Gasteiger partial charge in [-0.2, -0.15) is 13.2 Å². The van der Waals surface area contributed by atoms with Gasteiger partial charge in [-0.3, -0.25) is 10.1 Å². The SMILES string of the molecule is Cc1cc(Cl)ccc1NC(=O)Nc1cn(Cc2ccc(C(F)(F)F)cc2)c(C(=O)OCCOC(=O)CBr)n1. The zero-order valence-corrected chi connectivity index (χ0v) is 22.1. The topological polar surface area (TPSA) is 112 Å². The number of urea groups is 1. The summed E-state index contributed by atoms with van der Waals surface area (Å²) in [6.07, 6.45) is -3.15. The molecule has 1 aromatic heterocycles. The molecule has 0 saturated carbocycles. The van der Waals surface area contributed by atoms with Crippen molar-refractivity contribution < 1.29 is 37.0 Å². The van der Waals surface area contributed by atoms with E-state index in [2.05, 4.69) is 31.5 Å². The van der Waals surface area contributed by atoms with E-state index in [-0.39, 0.29) is 36.7 Å². The standard InChI is InChI=1S/C24H21BrClF3N4O5/c1-14-10-17(26)6-7-18(14)30-23(36)32-19-13-33(12-15-2-4-16(5-3-15)24(27,28)29)21(31-19)22(35)38-9-8-37-20(34)11-25/h2-7,10,13H,8-9,11-12H2,1H3,(H2,30,32,36). The lowest BCUT2D eigenvalue weighted by atomic mass is 10.1. The molecule has 0 aliphatic rings. The van der Waals surface area contributed by atoms with Crippen molar-refractivity contribution in [1.82, 2.24) is 9.55 Å². The Morgan fingerprint density at radius 3 is 2.37 bits per heavy atom. The summed E-state index contributed by atoms with van der Waals surface area (Å²) >= 11 is 8.87. The lowest BCUT2D eigenvalue weighted by molar-refractivity contribution is -0.141. The van der Waals surface area contributed by atoms with Gasteiger partial charge in [0.1, 0.15) is 18.5 Å². The van der Waals surface area contributed by atoms with Gasteiger partial charge in [0.2, 0.25) is 5.82 Å². The van der Waals surface area contributed by atoms with Crippen LogP contribution in [0.2, 0.25) is 5.02 Å². The molecule has 0 aliphatic heterocycles. The van der Waals surface area contributed by atoms with Crippen LogP contribution in [0.5, 0.6) is 0 Å². The van der Waals surface area contributed by atoms with Crippen LogP contribution < -0.4 is 10.6 Å². The van der Waals surface area contributed by atoms with Gasteiger partial charge in [0, 0.05) is 23.5 Å². The lowest BCUT2D eigenvalue weighted by Gasteiger charge is -2.10. The number of carbonyl (C=O) groups is 3. The van der Waals surface area contributed by atoms with E-state index in [9.17, 15) is 27.6 Å². The third-order valence-electron chi connectivity index (χ3n) is 4.96. The summed E-state index contributed by atoms with van der Waals surface area (Å²) in [4.78, 5) is 40.5. The first-order valence-corrected chi connectivity index (χ1v) is 12.4. The Kier molecular flexibility index (Phi) is 9.75. The van der Waals surface area contributed by atoms with Crippen molar-refractivity contribution in [2.24, 2.45) is 0 Å². The van der Waals surface area contributed by atoms with Crippen molar-refractivity contribution in [3.8, 4) is 0 Å². The van der Waals surface area contributed by atoms with Gasteiger partial charge in [-0.15, -0.1) is 0 Å². The Bertz CT molecular complexity index is 1320. The van der Waals surface area contributed by atoms with E-state index in [1.54, 1.807) is 25.1 Å². The number of esters is 2. The van der Waals surface area contributed by atoms with E-state index in [0.29, 0.717) is 21.8 Å². The number of amides is 2. The second-order valence-electron chi connectivity index (χ2n) is 7.80. The van der Waals surface area contributed by atoms with E-state index in [0.717, 1.165) is 12.1 Å². The third-order valence-corrected chi connectivity index (χ3v) is 5.65. The number of alkyl halides is 4.